The Morgan fingerprint density at radius 1 is 0.771 bits per heavy atom. The van der Waals surface area contributed by atoms with Gasteiger partial charge in [0.15, 0.2) is 12.2 Å². The Kier molecular flexibility index (Phi) is 15.1. The molecule has 2 N–H and O–H groups in total. The van der Waals surface area contributed by atoms with Crippen LogP contribution < -0.4 is 10.4 Å². The number of ether oxygens (including phenoxy) is 4. The Labute approximate surface area is 410 Å². The fourth-order valence-corrected chi connectivity index (χ4v) is 11.3. The van der Waals surface area contributed by atoms with Gasteiger partial charge in [-0.3, -0.25) is 4.79 Å². The molecule has 2 bridgehead atoms. The molecule has 5 aromatic carbocycles. The minimum Gasteiger partial charge on any atom is -0.483 e. The van der Waals surface area contributed by atoms with Gasteiger partial charge in [0.2, 0.25) is 0 Å². The largest absolute Gasteiger partial charge is 0.483 e. The lowest BCUT2D eigenvalue weighted by molar-refractivity contribution is -0.192. The molecular weight excluding hydrogens is 881 g/mol. The van der Waals surface area contributed by atoms with Gasteiger partial charge < -0.3 is 33.6 Å². The van der Waals surface area contributed by atoms with Crippen LogP contribution in [0.5, 0.6) is 5.75 Å². The maximum Gasteiger partial charge on any atom is 0.339 e. The predicted molar refractivity (Wildman–Crippen MR) is 269 cm³/mol. The molecule has 3 aliphatic heterocycles. The van der Waals surface area contributed by atoms with Crippen molar-refractivity contribution in [3.63, 3.8) is 0 Å². The van der Waals surface area contributed by atoms with Crippen molar-refractivity contribution < 1.29 is 43.2 Å². The highest BCUT2D eigenvalue weighted by molar-refractivity contribution is 5.90. The molecule has 1 saturated carbocycles. The van der Waals surface area contributed by atoms with Crippen molar-refractivity contribution >= 4 is 22.9 Å². The quantitative estimate of drug-likeness (QED) is 0.0692. The number of benzene rings is 5. The first-order valence-electron chi connectivity index (χ1n) is 24.9. The lowest BCUT2D eigenvalue weighted by Gasteiger charge is -2.45. The first-order chi connectivity index (χ1) is 34.0. The normalized spacial score (nSPS) is 23.4. The molecule has 1 aromatic heterocycles. The van der Waals surface area contributed by atoms with Gasteiger partial charge in [-0.25, -0.2) is 9.59 Å². The van der Waals surface area contributed by atoms with Crippen molar-refractivity contribution in [3.8, 4) is 5.75 Å². The van der Waals surface area contributed by atoms with E-state index < -0.39 is 42.0 Å². The Morgan fingerprint density at radius 3 is 2.24 bits per heavy atom. The molecule has 0 spiro atoms. The van der Waals surface area contributed by atoms with Crippen LogP contribution in [-0.2, 0) is 56.1 Å². The second kappa shape index (κ2) is 21.8. The Morgan fingerprint density at radius 2 is 1.51 bits per heavy atom. The molecule has 10 rings (SSSR count). The van der Waals surface area contributed by atoms with E-state index in [1.807, 2.05) is 31.2 Å². The van der Waals surface area contributed by atoms with E-state index in [0.29, 0.717) is 59.9 Å². The minimum atomic E-state index is -1.29. The van der Waals surface area contributed by atoms with Crippen molar-refractivity contribution in [2.45, 2.75) is 121 Å². The van der Waals surface area contributed by atoms with E-state index in [9.17, 15) is 19.8 Å². The van der Waals surface area contributed by atoms with Crippen molar-refractivity contribution in [1.82, 2.24) is 0 Å². The van der Waals surface area contributed by atoms with Crippen LogP contribution in [0.1, 0.15) is 127 Å². The van der Waals surface area contributed by atoms with Gasteiger partial charge in [-0.2, -0.15) is 0 Å². The highest BCUT2D eigenvalue weighted by atomic mass is 16.6. The molecule has 10 heteroatoms. The number of esters is 2. The fourth-order valence-electron chi connectivity index (χ4n) is 11.3. The summed E-state index contributed by atoms with van der Waals surface area (Å²) in [6.45, 7) is 3.01. The number of fused-ring (bicyclic) bond motifs is 11. The molecule has 1 fully saturated rings. The molecule has 10 nitrogen and oxygen atoms in total. The molecule has 70 heavy (non-hydrogen) atoms. The van der Waals surface area contributed by atoms with Crippen molar-refractivity contribution in [2.24, 2.45) is 5.92 Å². The third kappa shape index (κ3) is 10.6. The summed E-state index contributed by atoms with van der Waals surface area (Å²) >= 11 is 0. The number of rotatable bonds is 12. The number of aliphatic hydroxyl groups is 2. The molecule has 4 aliphatic rings. The second-order valence-corrected chi connectivity index (χ2v) is 19.7. The van der Waals surface area contributed by atoms with E-state index in [-0.39, 0.29) is 60.5 Å². The third-order valence-corrected chi connectivity index (χ3v) is 15.1. The highest BCUT2D eigenvalue weighted by Gasteiger charge is 2.53. The topological polar surface area (TPSA) is 142 Å². The van der Waals surface area contributed by atoms with E-state index in [1.165, 1.54) is 23.8 Å². The van der Waals surface area contributed by atoms with Crippen LogP contribution in [0.3, 0.4) is 0 Å². The number of aliphatic hydroxyl groups excluding tert-OH is 2. The molecular formula is C60H64O10. The highest BCUT2D eigenvalue weighted by Crippen LogP contribution is 2.51. The van der Waals surface area contributed by atoms with E-state index in [4.69, 9.17) is 23.4 Å². The van der Waals surface area contributed by atoms with Crippen LogP contribution in [0.2, 0.25) is 0 Å². The van der Waals surface area contributed by atoms with Crippen LogP contribution in [0.15, 0.2) is 142 Å². The summed E-state index contributed by atoms with van der Waals surface area (Å²) in [6.07, 6.45) is 3.74. The molecule has 1 aliphatic carbocycles. The van der Waals surface area contributed by atoms with Crippen molar-refractivity contribution in [3.05, 3.63) is 193 Å². The fraction of sp³-hybridized carbons (Fsp3) is 0.383. The summed E-state index contributed by atoms with van der Waals surface area (Å²) < 4.78 is 32.0. The second-order valence-electron chi connectivity index (χ2n) is 19.7. The average Bonchev–Trinajstić information content (AvgIpc) is 3.37. The van der Waals surface area contributed by atoms with Gasteiger partial charge in [0, 0.05) is 36.5 Å². The lowest BCUT2D eigenvalue weighted by atomic mass is 9.68. The molecule has 0 saturated heterocycles. The maximum absolute atomic E-state index is 15.2. The molecule has 0 amide bonds. The summed E-state index contributed by atoms with van der Waals surface area (Å²) in [7, 11) is 1.54. The molecule has 6 atom stereocenters. The van der Waals surface area contributed by atoms with E-state index in [0.717, 1.165) is 42.4 Å². The first kappa shape index (κ1) is 48.7. The average molecular weight is 945 g/mol. The number of hydrogen-bond acceptors (Lipinski definition) is 10. The van der Waals surface area contributed by atoms with Crippen molar-refractivity contribution in [1.29, 1.82) is 0 Å². The Bertz CT molecular complexity index is 2890. The zero-order valence-corrected chi connectivity index (χ0v) is 40.5. The summed E-state index contributed by atoms with van der Waals surface area (Å²) in [4.78, 5) is 43.9. The van der Waals surface area contributed by atoms with Gasteiger partial charge in [0.25, 0.3) is 0 Å². The smallest absolute Gasteiger partial charge is 0.339 e. The molecule has 0 radical (unpaired) electrons. The molecule has 364 valence electrons. The van der Waals surface area contributed by atoms with E-state index >= 15 is 4.79 Å². The molecule has 6 unspecified atom stereocenters. The summed E-state index contributed by atoms with van der Waals surface area (Å²) in [6, 6.07) is 41.5. The standard InChI is InChI=1S/C60H64O10/c1-38(36-61)47-25-21-40-19-22-43(23-20-40)48-26-24-45(44-18-10-16-42(33-44)32-41-14-8-5-9-15-41)34-46(48)35-53(63)67-56-54-52(28-27-49-51(37-62)50(29-31-66-3)59(65)68-55(49)54)70-60(2,57(56)69-58(47)64)30-11-17-39-12-6-4-7-13-39/h4-10,12-16,18-20,22-23,27-28,33,45-46,48,56-57,61-62H,11,17,21,24-26,29-32,34-37H2,1-3H3. The molecule has 4 heterocycles. The van der Waals surface area contributed by atoms with Crippen LogP contribution >= 0.6 is 0 Å². The zero-order valence-electron chi connectivity index (χ0n) is 40.5. The molecule has 6 aromatic rings. The van der Waals surface area contributed by atoms with Gasteiger partial charge in [-0.15, -0.1) is 0 Å². The van der Waals surface area contributed by atoms with Crippen molar-refractivity contribution in [2.75, 3.05) is 20.3 Å². The van der Waals surface area contributed by atoms with Gasteiger partial charge >= 0.3 is 17.6 Å². The van der Waals surface area contributed by atoms with Gasteiger partial charge in [0.1, 0.15) is 16.9 Å². The zero-order chi connectivity index (χ0) is 48.8. The van der Waals surface area contributed by atoms with Gasteiger partial charge in [0.05, 0.1) is 25.4 Å². The number of hydrogen-bond donors (Lipinski definition) is 2. The lowest BCUT2D eigenvalue weighted by Crippen LogP contribution is -2.54. The van der Waals surface area contributed by atoms with Crippen LogP contribution in [0.25, 0.3) is 11.0 Å². The minimum absolute atomic E-state index is 0.0701. The summed E-state index contributed by atoms with van der Waals surface area (Å²) in [5.41, 5.74) is 6.93. The van der Waals surface area contributed by atoms with Crippen LogP contribution in [0.4, 0.5) is 0 Å². The monoisotopic (exact) mass is 944 g/mol. The SMILES string of the molecule is COCCc1c(CO)c2ccc3c(c2oc1=O)C1OC(=O)CC2CC(c4cccc(Cc5ccccc5)c4)CCC2c2ccc(cc2)CCC(=C(C)CO)C(=O)OC1C(C)(CCCc1ccccc1)O3. The third-order valence-electron chi connectivity index (χ3n) is 15.1. The van der Waals surface area contributed by atoms with E-state index in [2.05, 4.69) is 84.9 Å². The number of carbonyl (C=O) groups is 2. The summed E-state index contributed by atoms with van der Waals surface area (Å²) in [5, 5.41) is 21.7. The summed E-state index contributed by atoms with van der Waals surface area (Å²) in [5.74, 6) is -0.644. The number of aryl methyl sites for hydroxylation is 2. The van der Waals surface area contributed by atoms with E-state index in [1.54, 1.807) is 19.1 Å². The number of methoxy groups -OCH3 is 1. The van der Waals surface area contributed by atoms with Crippen LogP contribution in [-0.4, -0.2) is 54.2 Å². The Hall–Kier alpha value is -6.33. The Balaban J connectivity index is 1.15. The first-order valence-corrected chi connectivity index (χ1v) is 24.9. The maximum atomic E-state index is 15.2. The predicted octanol–water partition coefficient (Wildman–Crippen LogP) is 10.7. The number of carbonyl (C=O) groups excluding carboxylic acids is 2. The van der Waals surface area contributed by atoms with Gasteiger partial charge in [-0.1, -0.05) is 109 Å². The van der Waals surface area contributed by atoms with Gasteiger partial charge in [-0.05, 0) is 146 Å². The van der Waals surface area contributed by atoms with Crippen LogP contribution in [0, 0.1) is 5.92 Å².